The average Bonchev–Trinajstić information content (AvgIpc) is 3.33. The number of aromatic nitrogens is 2. The molecule has 0 aliphatic carbocycles. The molecular formula is C28H25FN4O2. The molecule has 3 aromatic carbocycles. The van der Waals surface area contributed by atoms with Crippen molar-refractivity contribution in [3.05, 3.63) is 112 Å². The lowest BCUT2D eigenvalue weighted by molar-refractivity contribution is 0.203. The van der Waals surface area contributed by atoms with Gasteiger partial charge in [0.1, 0.15) is 5.82 Å². The van der Waals surface area contributed by atoms with Gasteiger partial charge in [-0.05, 0) is 55.7 Å². The monoisotopic (exact) mass is 468 g/mol. The highest BCUT2D eigenvalue weighted by molar-refractivity contribution is 5.87. The molecule has 0 radical (unpaired) electrons. The number of hydrogen-bond acceptors (Lipinski definition) is 4. The number of carbonyl (C=O) groups is 1. The predicted octanol–water partition coefficient (Wildman–Crippen LogP) is 6.19. The molecule has 1 atom stereocenters. The van der Waals surface area contributed by atoms with Crippen LogP contribution in [0.25, 0.3) is 17.0 Å². The highest BCUT2D eigenvalue weighted by Gasteiger charge is 2.36. The number of benzene rings is 3. The second kappa shape index (κ2) is 9.18. The second-order valence-electron chi connectivity index (χ2n) is 8.74. The van der Waals surface area contributed by atoms with E-state index in [4.69, 9.17) is 4.52 Å². The average molecular weight is 469 g/mol. The summed E-state index contributed by atoms with van der Waals surface area (Å²) in [6, 6.07) is 21.0. The van der Waals surface area contributed by atoms with Gasteiger partial charge >= 0.3 is 6.03 Å². The van der Waals surface area contributed by atoms with Gasteiger partial charge in [-0.1, -0.05) is 65.3 Å². The molecule has 6 nitrogen and oxygen atoms in total. The molecule has 1 N–H and O–H groups in total. The van der Waals surface area contributed by atoms with Gasteiger partial charge in [-0.2, -0.15) is 4.98 Å². The van der Waals surface area contributed by atoms with Crippen molar-refractivity contribution in [1.29, 1.82) is 0 Å². The third-order valence-corrected chi connectivity index (χ3v) is 6.32. The fraction of sp³-hybridized carbons (Fsp3) is 0.179. The first-order chi connectivity index (χ1) is 16.9. The van der Waals surface area contributed by atoms with Crippen LogP contribution in [-0.2, 0) is 6.54 Å². The molecule has 0 saturated carbocycles. The van der Waals surface area contributed by atoms with E-state index in [9.17, 15) is 9.18 Å². The molecular weight excluding hydrogens is 443 g/mol. The van der Waals surface area contributed by atoms with Crippen LogP contribution in [-0.4, -0.2) is 21.1 Å². The molecule has 176 valence electrons. The molecule has 1 aromatic heterocycles. The number of urea groups is 1. The summed E-state index contributed by atoms with van der Waals surface area (Å²) in [5, 5.41) is 7.27. The molecule has 35 heavy (non-hydrogen) atoms. The van der Waals surface area contributed by atoms with Crippen LogP contribution in [0.4, 0.5) is 9.18 Å². The first-order valence-corrected chi connectivity index (χ1v) is 11.4. The highest BCUT2D eigenvalue weighted by atomic mass is 19.1. The number of aryl methyl sites for hydroxylation is 2. The van der Waals surface area contributed by atoms with Crippen molar-refractivity contribution in [1.82, 2.24) is 20.4 Å². The summed E-state index contributed by atoms with van der Waals surface area (Å²) in [5.41, 5.74) is 6.15. The minimum absolute atomic E-state index is 0.248. The fourth-order valence-electron chi connectivity index (χ4n) is 4.35. The maximum Gasteiger partial charge on any atom is 0.322 e. The molecule has 0 fully saturated rings. The molecule has 2 heterocycles. The van der Waals surface area contributed by atoms with E-state index >= 15 is 0 Å². The molecule has 4 aromatic rings. The van der Waals surface area contributed by atoms with Crippen LogP contribution in [0.15, 0.2) is 83.0 Å². The Balaban J connectivity index is 1.61. The van der Waals surface area contributed by atoms with Crippen molar-refractivity contribution < 1.29 is 13.7 Å². The number of allylic oxidation sites excluding steroid dienone is 1. The minimum Gasteiger partial charge on any atom is -0.334 e. The van der Waals surface area contributed by atoms with E-state index in [0.717, 1.165) is 27.8 Å². The van der Waals surface area contributed by atoms with E-state index in [1.54, 1.807) is 17.0 Å². The van der Waals surface area contributed by atoms with Crippen LogP contribution in [0.3, 0.4) is 0 Å². The Morgan fingerprint density at radius 2 is 1.77 bits per heavy atom. The van der Waals surface area contributed by atoms with E-state index in [1.165, 1.54) is 12.1 Å². The molecule has 2 amide bonds. The van der Waals surface area contributed by atoms with Crippen molar-refractivity contribution in [2.45, 2.75) is 33.4 Å². The highest BCUT2D eigenvalue weighted by Crippen LogP contribution is 2.38. The van der Waals surface area contributed by atoms with E-state index in [2.05, 4.69) is 15.5 Å². The largest absolute Gasteiger partial charge is 0.334 e. The number of rotatable bonds is 5. The molecule has 1 aliphatic rings. The summed E-state index contributed by atoms with van der Waals surface area (Å²) in [7, 11) is 0. The standard InChI is InChI=1S/C28H25FN4O2/c1-17-7-6-10-21(15-17)26-31-27(35-32-26)24-19(3)33(16-22-9-5-4-8-18(22)2)28(34)30-25(24)20-11-13-23(29)14-12-20/h4-15,25H,16H2,1-3H3,(H,30,34). The lowest BCUT2D eigenvalue weighted by Gasteiger charge is -2.35. The number of halogens is 1. The Hall–Kier alpha value is -4.26. The molecule has 1 aliphatic heterocycles. The van der Waals surface area contributed by atoms with Crippen LogP contribution < -0.4 is 5.32 Å². The lowest BCUT2D eigenvalue weighted by Crippen LogP contribution is -2.45. The maximum atomic E-state index is 13.6. The zero-order valence-electron chi connectivity index (χ0n) is 19.7. The van der Waals surface area contributed by atoms with Crippen LogP contribution in [0, 0.1) is 19.7 Å². The summed E-state index contributed by atoms with van der Waals surface area (Å²) >= 11 is 0. The molecule has 0 bridgehead atoms. The summed E-state index contributed by atoms with van der Waals surface area (Å²) in [5.74, 6) is 0.422. The van der Waals surface area contributed by atoms with Gasteiger partial charge in [0.2, 0.25) is 5.82 Å². The molecule has 7 heteroatoms. The van der Waals surface area contributed by atoms with Gasteiger partial charge in [0.25, 0.3) is 5.89 Å². The van der Waals surface area contributed by atoms with Crippen molar-refractivity contribution >= 4 is 11.6 Å². The fourth-order valence-corrected chi connectivity index (χ4v) is 4.35. The van der Waals surface area contributed by atoms with Gasteiger partial charge in [0.15, 0.2) is 0 Å². The Kier molecular flexibility index (Phi) is 5.91. The number of nitrogens with one attached hydrogen (secondary N) is 1. The van der Waals surface area contributed by atoms with Crippen molar-refractivity contribution in [2.75, 3.05) is 0 Å². The van der Waals surface area contributed by atoms with Crippen molar-refractivity contribution in [3.8, 4) is 11.4 Å². The first-order valence-electron chi connectivity index (χ1n) is 11.4. The Morgan fingerprint density at radius 3 is 2.51 bits per heavy atom. The summed E-state index contributed by atoms with van der Waals surface area (Å²) in [6.07, 6.45) is 0. The van der Waals surface area contributed by atoms with Gasteiger partial charge in [-0.25, -0.2) is 9.18 Å². The van der Waals surface area contributed by atoms with Crippen LogP contribution in [0.5, 0.6) is 0 Å². The van der Waals surface area contributed by atoms with Crippen LogP contribution in [0.1, 0.15) is 41.1 Å². The number of hydrogen-bond donors (Lipinski definition) is 1. The summed E-state index contributed by atoms with van der Waals surface area (Å²) in [6.45, 7) is 6.29. The van der Waals surface area contributed by atoms with Crippen LogP contribution in [0.2, 0.25) is 0 Å². The van der Waals surface area contributed by atoms with E-state index in [0.29, 0.717) is 29.5 Å². The van der Waals surface area contributed by atoms with Gasteiger partial charge in [0.05, 0.1) is 18.2 Å². The number of nitrogens with zero attached hydrogens (tertiary/aromatic N) is 3. The lowest BCUT2D eigenvalue weighted by atomic mass is 9.94. The topological polar surface area (TPSA) is 71.3 Å². The third kappa shape index (κ3) is 4.45. The quantitative estimate of drug-likeness (QED) is 0.379. The Labute approximate surface area is 203 Å². The SMILES string of the molecule is CC1=C(c2nc(-c3cccc(C)c3)no2)C(c2ccc(F)cc2)NC(=O)N1Cc1ccccc1C. The number of amides is 2. The van der Waals surface area contributed by atoms with Gasteiger partial charge in [0, 0.05) is 11.3 Å². The number of carbonyl (C=O) groups excluding carboxylic acids is 1. The van der Waals surface area contributed by atoms with Crippen molar-refractivity contribution in [2.24, 2.45) is 0 Å². The van der Waals surface area contributed by atoms with E-state index in [1.807, 2.05) is 69.3 Å². The van der Waals surface area contributed by atoms with Crippen molar-refractivity contribution in [3.63, 3.8) is 0 Å². The van der Waals surface area contributed by atoms with Crippen LogP contribution >= 0.6 is 0 Å². The Morgan fingerprint density at radius 1 is 1.00 bits per heavy atom. The summed E-state index contributed by atoms with van der Waals surface area (Å²) < 4.78 is 19.4. The normalized spacial score (nSPS) is 15.9. The van der Waals surface area contributed by atoms with Gasteiger partial charge in [-0.3, -0.25) is 4.90 Å². The zero-order chi connectivity index (χ0) is 24.5. The zero-order valence-corrected chi connectivity index (χ0v) is 19.7. The van der Waals surface area contributed by atoms with Gasteiger partial charge in [-0.15, -0.1) is 0 Å². The second-order valence-corrected chi connectivity index (χ2v) is 8.74. The first kappa shape index (κ1) is 22.5. The molecule has 5 rings (SSSR count). The van der Waals surface area contributed by atoms with Gasteiger partial charge < -0.3 is 9.84 Å². The van der Waals surface area contributed by atoms with E-state index < -0.39 is 6.04 Å². The Bertz CT molecular complexity index is 1420. The molecule has 0 spiro atoms. The molecule has 1 unspecified atom stereocenters. The minimum atomic E-state index is -0.568. The summed E-state index contributed by atoms with van der Waals surface area (Å²) in [4.78, 5) is 19.6. The predicted molar refractivity (Wildman–Crippen MR) is 131 cm³/mol. The molecule has 0 saturated heterocycles. The smallest absolute Gasteiger partial charge is 0.322 e. The third-order valence-electron chi connectivity index (χ3n) is 6.32. The maximum absolute atomic E-state index is 13.6. The van der Waals surface area contributed by atoms with E-state index in [-0.39, 0.29) is 11.8 Å².